The number of hydrogen-bond donors (Lipinski definition) is 1. The van der Waals surface area contributed by atoms with Crippen LogP contribution >= 0.6 is 34.2 Å². The normalized spacial score (nSPS) is 9.77. The molecule has 0 bridgehead atoms. The maximum atomic E-state index is 10.6. The highest BCUT2D eigenvalue weighted by molar-refractivity contribution is 14.1. The van der Waals surface area contributed by atoms with Crippen LogP contribution in [0, 0.1) is 3.57 Å². The number of rotatable bonds is 2. The molecule has 13 heavy (non-hydrogen) atoms. The third-order valence-corrected chi connectivity index (χ3v) is 2.63. The van der Waals surface area contributed by atoms with E-state index in [-0.39, 0.29) is 10.6 Å². The molecule has 1 aromatic rings. The molecule has 70 valence electrons. The number of hydrogen-bond acceptors (Lipinski definition) is 2. The Balaban J connectivity index is 3.28. The van der Waals surface area contributed by atoms with Gasteiger partial charge in [-0.1, -0.05) is 11.6 Å². The Labute approximate surface area is 93.8 Å². The first-order valence-electron chi connectivity index (χ1n) is 3.32. The van der Waals surface area contributed by atoms with E-state index in [0.29, 0.717) is 5.75 Å². The SMILES string of the molecule is COc1cc(Cl)c(C(=O)O)cc1I. The van der Waals surface area contributed by atoms with Crippen LogP contribution in [0.1, 0.15) is 10.4 Å². The molecular weight excluding hydrogens is 306 g/mol. The van der Waals surface area contributed by atoms with Crippen molar-refractivity contribution in [3.05, 3.63) is 26.3 Å². The summed E-state index contributed by atoms with van der Waals surface area (Å²) in [6.07, 6.45) is 0. The molecule has 1 aromatic carbocycles. The van der Waals surface area contributed by atoms with E-state index < -0.39 is 5.97 Å². The molecule has 0 fully saturated rings. The van der Waals surface area contributed by atoms with E-state index in [1.165, 1.54) is 19.2 Å². The van der Waals surface area contributed by atoms with Gasteiger partial charge in [-0.25, -0.2) is 4.79 Å². The van der Waals surface area contributed by atoms with Crippen LogP contribution in [0.25, 0.3) is 0 Å². The molecule has 0 saturated carbocycles. The van der Waals surface area contributed by atoms with Crippen LogP contribution in [-0.2, 0) is 0 Å². The fourth-order valence-corrected chi connectivity index (χ4v) is 1.77. The second-order valence-electron chi connectivity index (χ2n) is 2.27. The number of carbonyl (C=O) groups is 1. The molecule has 0 unspecified atom stereocenters. The number of aromatic carboxylic acids is 1. The molecular formula is C8H6ClIO3. The Morgan fingerprint density at radius 3 is 2.69 bits per heavy atom. The molecule has 0 aromatic heterocycles. The van der Waals surface area contributed by atoms with Gasteiger partial charge in [0.25, 0.3) is 0 Å². The van der Waals surface area contributed by atoms with Crippen LogP contribution in [0.3, 0.4) is 0 Å². The van der Waals surface area contributed by atoms with Gasteiger partial charge in [-0.2, -0.15) is 0 Å². The largest absolute Gasteiger partial charge is 0.496 e. The molecule has 1 rings (SSSR count). The zero-order chi connectivity index (χ0) is 10.0. The van der Waals surface area contributed by atoms with Gasteiger partial charge in [0.15, 0.2) is 0 Å². The summed E-state index contributed by atoms with van der Waals surface area (Å²) in [4.78, 5) is 10.6. The van der Waals surface area contributed by atoms with Gasteiger partial charge in [-0.3, -0.25) is 0 Å². The number of halogens is 2. The fourth-order valence-electron chi connectivity index (χ4n) is 0.849. The first-order chi connectivity index (χ1) is 6.06. The molecule has 0 atom stereocenters. The van der Waals surface area contributed by atoms with Crippen molar-refractivity contribution >= 4 is 40.2 Å². The van der Waals surface area contributed by atoms with Crippen LogP contribution in [0.5, 0.6) is 5.75 Å². The third-order valence-electron chi connectivity index (χ3n) is 1.47. The molecule has 0 radical (unpaired) electrons. The average molecular weight is 312 g/mol. The van der Waals surface area contributed by atoms with Gasteiger partial charge in [0.05, 0.1) is 21.3 Å². The molecule has 0 aliphatic rings. The second kappa shape index (κ2) is 4.15. The molecule has 1 N–H and O–H groups in total. The average Bonchev–Trinajstić information content (AvgIpc) is 2.07. The lowest BCUT2D eigenvalue weighted by atomic mass is 10.2. The monoisotopic (exact) mass is 312 g/mol. The van der Waals surface area contributed by atoms with Crippen molar-refractivity contribution in [3.8, 4) is 5.75 Å². The topological polar surface area (TPSA) is 46.5 Å². The van der Waals surface area contributed by atoms with Crippen molar-refractivity contribution < 1.29 is 14.6 Å². The van der Waals surface area contributed by atoms with Gasteiger partial charge in [0.1, 0.15) is 5.75 Å². The highest BCUT2D eigenvalue weighted by Crippen LogP contribution is 2.28. The van der Waals surface area contributed by atoms with E-state index in [0.717, 1.165) is 3.57 Å². The highest BCUT2D eigenvalue weighted by atomic mass is 127. The minimum absolute atomic E-state index is 0.0897. The number of benzene rings is 1. The van der Waals surface area contributed by atoms with Crippen LogP contribution in [-0.4, -0.2) is 18.2 Å². The van der Waals surface area contributed by atoms with Crippen LogP contribution in [0.4, 0.5) is 0 Å². The molecule has 3 nitrogen and oxygen atoms in total. The van der Waals surface area contributed by atoms with Crippen molar-refractivity contribution in [2.75, 3.05) is 7.11 Å². The summed E-state index contributed by atoms with van der Waals surface area (Å²) in [5.41, 5.74) is 0.0897. The van der Waals surface area contributed by atoms with E-state index in [4.69, 9.17) is 21.4 Å². The Kier molecular flexibility index (Phi) is 3.38. The number of methoxy groups -OCH3 is 1. The van der Waals surface area contributed by atoms with Gasteiger partial charge in [-0.15, -0.1) is 0 Å². The van der Waals surface area contributed by atoms with Gasteiger partial charge in [0.2, 0.25) is 0 Å². The van der Waals surface area contributed by atoms with Crippen molar-refractivity contribution in [3.63, 3.8) is 0 Å². The third kappa shape index (κ3) is 2.25. The predicted molar refractivity (Wildman–Crippen MR) is 57.7 cm³/mol. The minimum Gasteiger partial charge on any atom is -0.496 e. The molecule has 0 aliphatic heterocycles. The van der Waals surface area contributed by atoms with E-state index in [1.807, 2.05) is 22.6 Å². The van der Waals surface area contributed by atoms with Crippen LogP contribution in [0.2, 0.25) is 5.02 Å². The summed E-state index contributed by atoms with van der Waals surface area (Å²) in [7, 11) is 1.51. The van der Waals surface area contributed by atoms with E-state index in [2.05, 4.69) is 0 Å². The fraction of sp³-hybridized carbons (Fsp3) is 0.125. The van der Waals surface area contributed by atoms with Crippen molar-refractivity contribution in [1.29, 1.82) is 0 Å². The zero-order valence-electron chi connectivity index (χ0n) is 6.67. The first-order valence-corrected chi connectivity index (χ1v) is 4.78. The van der Waals surface area contributed by atoms with Gasteiger partial charge >= 0.3 is 5.97 Å². The molecule has 5 heteroatoms. The zero-order valence-corrected chi connectivity index (χ0v) is 9.59. The smallest absolute Gasteiger partial charge is 0.337 e. The molecule has 0 amide bonds. The maximum Gasteiger partial charge on any atom is 0.337 e. The number of carboxylic acids is 1. The summed E-state index contributed by atoms with van der Waals surface area (Å²) < 4.78 is 5.70. The van der Waals surface area contributed by atoms with Gasteiger partial charge in [-0.05, 0) is 28.7 Å². The predicted octanol–water partition coefficient (Wildman–Crippen LogP) is 2.65. The standard InChI is InChI=1S/C8H6ClIO3/c1-13-7-3-5(9)4(8(11)12)2-6(7)10/h2-3H,1H3,(H,11,12). The Bertz CT molecular complexity index is 351. The summed E-state index contributed by atoms with van der Waals surface area (Å²) in [6.45, 7) is 0. The first kappa shape index (κ1) is 10.6. The lowest BCUT2D eigenvalue weighted by molar-refractivity contribution is 0.0697. The van der Waals surface area contributed by atoms with Crippen molar-refractivity contribution in [2.45, 2.75) is 0 Å². The second-order valence-corrected chi connectivity index (χ2v) is 3.84. The lowest BCUT2D eigenvalue weighted by Gasteiger charge is -2.05. The minimum atomic E-state index is -1.04. The Morgan fingerprint density at radius 2 is 2.23 bits per heavy atom. The molecule has 0 aliphatic carbocycles. The molecule has 0 saturated heterocycles. The molecule has 0 spiro atoms. The summed E-state index contributed by atoms with van der Waals surface area (Å²) in [5, 5.41) is 8.91. The van der Waals surface area contributed by atoms with Crippen molar-refractivity contribution in [1.82, 2.24) is 0 Å². The Hall–Kier alpha value is -0.490. The van der Waals surface area contributed by atoms with Crippen LogP contribution < -0.4 is 4.74 Å². The highest BCUT2D eigenvalue weighted by Gasteiger charge is 2.12. The summed E-state index contributed by atoms with van der Waals surface area (Å²) in [6, 6.07) is 2.97. The summed E-state index contributed by atoms with van der Waals surface area (Å²) >= 11 is 7.70. The van der Waals surface area contributed by atoms with Gasteiger partial charge in [0, 0.05) is 6.07 Å². The summed E-state index contributed by atoms with van der Waals surface area (Å²) in [5.74, 6) is -0.457. The quantitative estimate of drug-likeness (QED) is 0.854. The van der Waals surface area contributed by atoms with Gasteiger partial charge < -0.3 is 9.84 Å². The maximum absolute atomic E-state index is 10.6. The number of ether oxygens (including phenoxy) is 1. The number of carboxylic acid groups (broad SMARTS) is 1. The lowest BCUT2D eigenvalue weighted by Crippen LogP contribution is -1.99. The molecule has 0 heterocycles. The van der Waals surface area contributed by atoms with Crippen LogP contribution in [0.15, 0.2) is 12.1 Å². The van der Waals surface area contributed by atoms with Crippen molar-refractivity contribution in [2.24, 2.45) is 0 Å². The van der Waals surface area contributed by atoms with E-state index in [1.54, 1.807) is 0 Å². The Morgan fingerprint density at radius 1 is 1.62 bits per heavy atom. The van der Waals surface area contributed by atoms with E-state index >= 15 is 0 Å². The van der Waals surface area contributed by atoms with E-state index in [9.17, 15) is 4.79 Å².